The lowest BCUT2D eigenvalue weighted by molar-refractivity contribution is -0.140. The molecule has 0 saturated carbocycles. The Balaban J connectivity index is 1.72. The third kappa shape index (κ3) is 3.93. The molecular weight excluding hydrogens is 446 g/mol. The summed E-state index contributed by atoms with van der Waals surface area (Å²) in [4.78, 5) is 26.3. The summed E-state index contributed by atoms with van der Waals surface area (Å²) >= 11 is 1.11. The van der Waals surface area contributed by atoms with Gasteiger partial charge in [-0.3, -0.25) is 9.59 Å². The average Bonchev–Trinajstić information content (AvgIpc) is 3.27. The first-order valence-electron chi connectivity index (χ1n) is 9.10. The van der Waals surface area contributed by atoms with E-state index in [2.05, 4.69) is 0 Å². The smallest absolute Gasteiger partial charge is 0.335 e. The third-order valence-corrected chi connectivity index (χ3v) is 6.07. The number of hydrogen-bond donors (Lipinski definition) is 0. The molecule has 0 spiro atoms. The molecule has 11 heteroatoms. The number of benzene rings is 1. The van der Waals surface area contributed by atoms with E-state index in [4.69, 9.17) is 0 Å². The first-order valence-corrected chi connectivity index (χ1v) is 9.98. The molecule has 2 atom stereocenters. The van der Waals surface area contributed by atoms with Crippen LogP contribution in [0.5, 0.6) is 0 Å². The van der Waals surface area contributed by atoms with Crippen molar-refractivity contribution >= 4 is 27.3 Å². The van der Waals surface area contributed by atoms with Crippen LogP contribution in [0.2, 0.25) is 0 Å². The van der Waals surface area contributed by atoms with Crippen LogP contribution in [0.3, 0.4) is 0 Å². The number of fused-ring (bicyclic) bond motifs is 1. The Bertz CT molecular complexity index is 1210. The Morgan fingerprint density at radius 2 is 1.81 bits per heavy atom. The minimum Gasteiger partial charge on any atom is -0.335 e. The lowest BCUT2D eigenvalue weighted by Gasteiger charge is -2.16. The number of rotatable bonds is 3. The number of aromatic nitrogens is 1. The second-order valence-electron chi connectivity index (χ2n) is 7.16. The van der Waals surface area contributed by atoms with Crippen LogP contribution >= 0.6 is 11.3 Å². The van der Waals surface area contributed by atoms with E-state index < -0.39 is 61.0 Å². The van der Waals surface area contributed by atoms with Crippen molar-refractivity contribution in [1.82, 2.24) is 9.47 Å². The number of likely N-dealkylation sites (tertiary alicyclic amines) is 1. The predicted octanol–water partition coefficient (Wildman–Crippen LogP) is 4.41. The van der Waals surface area contributed by atoms with Gasteiger partial charge in [-0.05, 0) is 23.8 Å². The standard InChI is InChI=1S/C20H14F6N2O2S/c21-13-2-1-10(5-12(13)20(24,25)26)11-9-31-16-3-4-27(19(30)18(11)16)8-17(29)28-6-14(22)15(23)7-28/h1-5,9,14-15H,6-8H2/t14-,15+. The summed E-state index contributed by atoms with van der Waals surface area (Å²) in [5, 5.41) is 1.56. The van der Waals surface area contributed by atoms with Crippen molar-refractivity contribution in [3.63, 3.8) is 0 Å². The van der Waals surface area contributed by atoms with Crippen molar-refractivity contribution in [1.29, 1.82) is 0 Å². The zero-order chi connectivity index (χ0) is 22.5. The molecule has 0 N–H and O–H groups in total. The number of amides is 1. The molecule has 1 aromatic carbocycles. The largest absolute Gasteiger partial charge is 0.419 e. The fraction of sp³-hybridized carbons (Fsp3) is 0.300. The molecule has 4 nitrogen and oxygen atoms in total. The van der Waals surface area contributed by atoms with Gasteiger partial charge >= 0.3 is 6.18 Å². The summed E-state index contributed by atoms with van der Waals surface area (Å²) in [5.74, 6) is -2.08. The number of carbonyl (C=O) groups is 1. The van der Waals surface area contributed by atoms with Gasteiger partial charge in [0.05, 0.1) is 24.0 Å². The van der Waals surface area contributed by atoms with Crippen molar-refractivity contribution in [2.75, 3.05) is 13.1 Å². The Morgan fingerprint density at radius 3 is 2.45 bits per heavy atom. The van der Waals surface area contributed by atoms with Crippen LogP contribution in [0.25, 0.3) is 21.2 Å². The van der Waals surface area contributed by atoms with E-state index >= 15 is 0 Å². The van der Waals surface area contributed by atoms with E-state index in [0.717, 1.165) is 26.9 Å². The van der Waals surface area contributed by atoms with E-state index in [0.29, 0.717) is 16.8 Å². The van der Waals surface area contributed by atoms with Gasteiger partial charge in [0.25, 0.3) is 5.56 Å². The quantitative estimate of drug-likeness (QED) is 0.544. The van der Waals surface area contributed by atoms with Gasteiger partial charge in [-0.1, -0.05) is 6.07 Å². The summed E-state index contributed by atoms with van der Waals surface area (Å²) in [6.07, 6.45) is -7.14. The maximum absolute atomic E-state index is 13.6. The number of carbonyl (C=O) groups excluding carboxylic acids is 1. The molecule has 0 radical (unpaired) electrons. The maximum Gasteiger partial charge on any atom is 0.419 e. The third-order valence-electron chi connectivity index (χ3n) is 5.12. The molecule has 164 valence electrons. The van der Waals surface area contributed by atoms with Gasteiger partial charge < -0.3 is 9.47 Å². The van der Waals surface area contributed by atoms with Gasteiger partial charge in [0.2, 0.25) is 5.91 Å². The van der Waals surface area contributed by atoms with Gasteiger partial charge in [0.1, 0.15) is 12.4 Å². The van der Waals surface area contributed by atoms with Crippen molar-refractivity contribution in [2.45, 2.75) is 25.1 Å². The summed E-state index contributed by atoms with van der Waals surface area (Å²) in [7, 11) is 0. The summed E-state index contributed by atoms with van der Waals surface area (Å²) in [5.41, 5.74) is -1.92. The van der Waals surface area contributed by atoms with Crippen LogP contribution in [0.4, 0.5) is 26.3 Å². The van der Waals surface area contributed by atoms with E-state index in [1.807, 2.05) is 0 Å². The molecule has 0 bridgehead atoms. The molecule has 4 rings (SSSR count). The first kappa shape index (κ1) is 21.4. The maximum atomic E-state index is 13.6. The summed E-state index contributed by atoms with van der Waals surface area (Å²) in [6.45, 7) is -1.28. The number of thiophene rings is 1. The second kappa shape index (κ2) is 7.70. The summed E-state index contributed by atoms with van der Waals surface area (Å²) in [6, 6.07) is 3.97. The minimum absolute atomic E-state index is 0.00114. The molecule has 3 aromatic rings. The van der Waals surface area contributed by atoms with Gasteiger partial charge in [0.15, 0.2) is 12.3 Å². The molecule has 1 fully saturated rings. The summed E-state index contributed by atoms with van der Waals surface area (Å²) < 4.78 is 81.1. The molecule has 1 amide bonds. The van der Waals surface area contributed by atoms with Crippen molar-refractivity contribution in [3.8, 4) is 11.1 Å². The van der Waals surface area contributed by atoms with Crippen LogP contribution < -0.4 is 5.56 Å². The molecule has 3 heterocycles. The molecule has 31 heavy (non-hydrogen) atoms. The monoisotopic (exact) mass is 460 g/mol. The van der Waals surface area contributed by atoms with E-state index in [1.54, 1.807) is 0 Å². The molecule has 1 aliphatic heterocycles. The van der Waals surface area contributed by atoms with Crippen LogP contribution in [-0.4, -0.2) is 40.8 Å². The van der Waals surface area contributed by atoms with Crippen molar-refractivity contribution in [3.05, 3.63) is 57.6 Å². The number of hydrogen-bond acceptors (Lipinski definition) is 3. The highest BCUT2D eigenvalue weighted by molar-refractivity contribution is 7.17. The van der Waals surface area contributed by atoms with Gasteiger partial charge in [-0.25, -0.2) is 13.2 Å². The highest BCUT2D eigenvalue weighted by Gasteiger charge is 2.36. The van der Waals surface area contributed by atoms with Crippen LogP contribution in [0.15, 0.2) is 40.6 Å². The highest BCUT2D eigenvalue weighted by atomic mass is 32.1. The Labute approximate surface area is 175 Å². The Kier molecular flexibility index (Phi) is 5.32. The van der Waals surface area contributed by atoms with Crippen molar-refractivity contribution in [2.24, 2.45) is 0 Å². The van der Waals surface area contributed by atoms with E-state index in [1.165, 1.54) is 17.6 Å². The molecule has 0 aliphatic carbocycles. The lowest BCUT2D eigenvalue weighted by atomic mass is 10.0. The highest BCUT2D eigenvalue weighted by Crippen LogP contribution is 2.37. The number of alkyl halides is 5. The molecule has 0 unspecified atom stereocenters. The van der Waals surface area contributed by atoms with E-state index in [-0.39, 0.29) is 16.5 Å². The van der Waals surface area contributed by atoms with Gasteiger partial charge in [-0.15, -0.1) is 11.3 Å². The normalized spacial score (nSPS) is 19.4. The van der Waals surface area contributed by atoms with E-state index in [9.17, 15) is 35.9 Å². The first-order chi connectivity index (χ1) is 14.6. The van der Waals surface area contributed by atoms with Crippen LogP contribution in [0, 0.1) is 5.82 Å². The van der Waals surface area contributed by atoms with Crippen LogP contribution in [0.1, 0.15) is 5.56 Å². The SMILES string of the molecule is O=C(Cn1ccc2scc(-c3ccc(F)c(C(F)(F)F)c3)c2c1=O)N1C[C@@H](F)[C@@H](F)C1. The molecule has 1 saturated heterocycles. The van der Waals surface area contributed by atoms with Crippen molar-refractivity contribution < 1.29 is 31.1 Å². The second-order valence-corrected chi connectivity index (χ2v) is 8.07. The number of nitrogens with zero attached hydrogens (tertiary/aromatic N) is 2. The fourth-order valence-corrected chi connectivity index (χ4v) is 4.46. The Morgan fingerprint density at radius 1 is 1.13 bits per heavy atom. The number of halogens is 6. The predicted molar refractivity (Wildman–Crippen MR) is 103 cm³/mol. The Hall–Kier alpha value is -2.82. The topological polar surface area (TPSA) is 42.3 Å². The van der Waals surface area contributed by atoms with Crippen LogP contribution in [-0.2, 0) is 17.5 Å². The zero-order valence-electron chi connectivity index (χ0n) is 15.6. The molecule has 2 aromatic heterocycles. The fourth-order valence-electron chi connectivity index (χ4n) is 3.51. The zero-order valence-corrected chi connectivity index (χ0v) is 16.4. The average molecular weight is 460 g/mol. The van der Waals surface area contributed by atoms with Gasteiger partial charge in [-0.2, -0.15) is 13.2 Å². The lowest BCUT2D eigenvalue weighted by Crippen LogP contribution is -2.35. The molecular formula is C20H14F6N2O2S. The minimum atomic E-state index is -4.91. The molecule has 1 aliphatic rings. The van der Waals surface area contributed by atoms with Gasteiger partial charge in [0, 0.05) is 21.8 Å². The number of pyridine rings is 1.